The van der Waals surface area contributed by atoms with Crippen molar-refractivity contribution in [3.8, 4) is 11.5 Å². The van der Waals surface area contributed by atoms with E-state index in [0.29, 0.717) is 27.1 Å². The lowest BCUT2D eigenvalue weighted by Crippen LogP contribution is -2.19. The van der Waals surface area contributed by atoms with Gasteiger partial charge in [0.05, 0.1) is 24.8 Å². The number of hydrogen-bond acceptors (Lipinski definition) is 4. The van der Waals surface area contributed by atoms with Crippen LogP contribution in [0.3, 0.4) is 0 Å². The van der Waals surface area contributed by atoms with Gasteiger partial charge in [0.15, 0.2) is 11.5 Å². The van der Waals surface area contributed by atoms with Gasteiger partial charge in [0.25, 0.3) is 0 Å². The maximum Gasteiger partial charge on any atom is 0.244 e. The highest BCUT2D eigenvalue weighted by molar-refractivity contribution is 9.10. The molecule has 0 aliphatic heterocycles. The molecule has 3 aromatic carbocycles. The first kappa shape index (κ1) is 23.1. The molecule has 0 atom stereocenters. The molecule has 0 aliphatic carbocycles. The molecule has 0 heterocycles. The van der Waals surface area contributed by atoms with Gasteiger partial charge in [-0.25, -0.2) is 5.43 Å². The minimum absolute atomic E-state index is 0.224. The number of hydrazone groups is 1. The van der Waals surface area contributed by atoms with Crippen molar-refractivity contribution in [2.45, 2.75) is 13.0 Å². The Bertz CT molecular complexity index is 1090. The lowest BCUT2D eigenvalue weighted by atomic mass is 10.1. The zero-order valence-electron chi connectivity index (χ0n) is 16.6. The molecule has 0 saturated carbocycles. The standard InChI is InChI=1S/C23H19BrCl2N2O3/c1-30-21-11-17(13-27-28-22(29)12-15-5-7-18(24)8-6-15)10-20(26)23(21)31-14-16-3-2-4-19(25)9-16/h2-11,13H,12,14H2,1H3,(H,28,29)/b27-13+. The normalized spacial score (nSPS) is 10.8. The Morgan fingerprint density at radius 2 is 1.87 bits per heavy atom. The number of carbonyl (C=O) groups excluding carboxylic acids is 1. The van der Waals surface area contributed by atoms with Gasteiger partial charge in [0.1, 0.15) is 6.61 Å². The zero-order chi connectivity index (χ0) is 22.2. The Kier molecular flexibility index (Phi) is 8.35. The third-order valence-electron chi connectivity index (χ3n) is 4.20. The van der Waals surface area contributed by atoms with E-state index >= 15 is 0 Å². The molecule has 0 saturated heterocycles. The molecule has 0 spiro atoms. The molecule has 1 amide bonds. The lowest BCUT2D eigenvalue weighted by molar-refractivity contribution is -0.120. The molecule has 1 N–H and O–H groups in total. The molecule has 0 unspecified atom stereocenters. The summed E-state index contributed by atoms with van der Waals surface area (Å²) in [6.45, 7) is 0.288. The van der Waals surface area contributed by atoms with Gasteiger partial charge in [-0.15, -0.1) is 0 Å². The van der Waals surface area contributed by atoms with Crippen molar-refractivity contribution in [3.63, 3.8) is 0 Å². The topological polar surface area (TPSA) is 59.9 Å². The van der Waals surface area contributed by atoms with Gasteiger partial charge in [0, 0.05) is 9.50 Å². The molecule has 5 nitrogen and oxygen atoms in total. The largest absolute Gasteiger partial charge is 0.493 e. The summed E-state index contributed by atoms with van der Waals surface area (Å²) in [4.78, 5) is 12.1. The van der Waals surface area contributed by atoms with E-state index in [0.717, 1.165) is 15.6 Å². The summed E-state index contributed by atoms with van der Waals surface area (Å²) in [5, 5.41) is 5.00. The summed E-state index contributed by atoms with van der Waals surface area (Å²) < 4.78 is 12.2. The third-order valence-corrected chi connectivity index (χ3v) is 5.25. The molecule has 31 heavy (non-hydrogen) atoms. The average Bonchev–Trinajstić information content (AvgIpc) is 2.74. The zero-order valence-corrected chi connectivity index (χ0v) is 19.7. The van der Waals surface area contributed by atoms with E-state index in [4.69, 9.17) is 32.7 Å². The highest BCUT2D eigenvalue weighted by Gasteiger charge is 2.12. The van der Waals surface area contributed by atoms with Crippen molar-refractivity contribution < 1.29 is 14.3 Å². The maximum absolute atomic E-state index is 12.1. The van der Waals surface area contributed by atoms with Crippen LogP contribution in [0, 0.1) is 0 Å². The van der Waals surface area contributed by atoms with Gasteiger partial charge in [-0.1, -0.05) is 63.4 Å². The van der Waals surface area contributed by atoms with Crippen LogP contribution in [0.5, 0.6) is 11.5 Å². The van der Waals surface area contributed by atoms with Crippen LogP contribution in [0.2, 0.25) is 10.0 Å². The number of benzene rings is 3. The summed E-state index contributed by atoms with van der Waals surface area (Å²) in [5.74, 6) is 0.649. The van der Waals surface area contributed by atoms with Crippen LogP contribution < -0.4 is 14.9 Å². The SMILES string of the molecule is COc1cc(/C=N/NC(=O)Cc2ccc(Br)cc2)cc(Cl)c1OCc1cccc(Cl)c1. The molecule has 0 aliphatic rings. The molecular weight excluding hydrogens is 503 g/mol. The van der Waals surface area contributed by atoms with Crippen LogP contribution in [0.15, 0.2) is 70.2 Å². The number of hydrogen-bond donors (Lipinski definition) is 1. The minimum Gasteiger partial charge on any atom is -0.493 e. The molecule has 0 radical (unpaired) electrons. The van der Waals surface area contributed by atoms with E-state index in [-0.39, 0.29) is 18.9 Å². The summed E-state index contributed by atoms with van der Waals surface area (Å²) in [6, 6.07) is 18.3. The van der Waals surface area contributed by atoms with Gasteiger partial charge in [-0.2, -0.15) is 5.10 Å². The number of carbonyl (C=O) groups is 1. The van der Waals surface area contributed by atoms with Crippen molar-refractivity contribution in [3.05, 3.63) is 91.9 Å². The fraction of sp³-hybridized carbons (Fsp3) is 0.130. The Labute approximate surface area is 199 Å². The second-order valence-corrected chi connectivity index (χ2v) is 8.31. The van der Waals surface area contributed by atoms with Crippen LogP contribution in [0.4, 0.5) is 0 Å². The molecular formula is C23H19BrCl2N2O3. The maximum atomic E-state index is 12.1. The Hall–Kier alpha value is -2.54. The van der Waals surface area contributed by atoms with Crippen LogP contribution >= 0.6 is 39.1 Å². The van der Waals surface area contributed by atoms with Crippen molar-refractivity contribution in [1.29, 1.82) is 0 Å². The van der Waals surface area contributed by atoms with Gasteiger partial charge >= 0.3 is 0 Å². The third kappa shape index (κ3) is 6.99. The average molecular weight is 522 g/mol. The number of ether oxygens (including phenoxy) is 2. The molecule has 3 aromatic rings. The first-order valence-electron chi connectivity index (χ1n) is 9.25. The Morgan fingerprint density at radius 1 is 1.10 bits per heavy atom. The predicted molar refractivity (Wildman–Crippen MR) is 127 cm³/mol. The monoisotopic (exact) mass is 520 g/mol. The smallest absolute Gasteiger partial charge is 0.244 e. The Morgan fingerprint density at radius 3 is 2.58 bits per heavy atom. The summed E-state index contributed by atoms with van der Waals surface area (Å²) >= 11 is 15.8. The number of methoxy groups -OCH3 is 1. The Balaban J connectivity index is 1.63. The lowest BCUT2D eigenvalue weighted by Gasteiger charge is -2.13. The molecule has 0 bridgehead atoms. The van der Waals surface area contributed by atoms with Gasteiger partial charge in [-0.05, 0) is 53.1 Å². The molecule has 3 rings (SSSR count). The van der Waals surface area contributed by atoms with Crippen molar-refractivity contribution in [2.75, 3.05) is 7.11 Å². The number of rotatable bonds is 8. The van der Waals surface area contributed by atoms with E-state index in [1.165, 1.54) is 13.3 Å². The molecule has 8 heteroatoms. The fourth-order valence-corrected chi connectivity index (χ4v) is 3.49. The van der Waals surface area contributed by atoms with E-state index < -0.39 is 0 Å². The van der Waals surface area contributed by atoms with Gasteiger partial charge in [-0.3, -0.25) is 4.79 Å². The quantitative estimate of drug-likeness (QED) is 0.290. The van der Waals surface area contributed by atoms with E-state index in [1.54, 1.807) is 18.2 Å². The summed E-state index contributed by atoms with van der Waals surface area (Å²) in [6.07, 6.45) is 1.72. The molecule has 0 fully saturated rings. The van der Waals surface area contributed by atoms with Crippen molar-refractivity contribution in [1.82, 2.24) is 5.43 Å². The fourth-order valence-electron chi connectivity index (χ4n) is 2.74. The number of nitrogens with zero attached hydrogens (tertiary/aromatic N) is 1. The van der Waals surface area contributed by atoms with Crippen molar-refractivity contribution in [2.24, 2.45) is 5.10 Å². The van der Waals surface area contributed by atoms with Crippen LogP contribution in [0.1, 0.15) is 16.7 Å². The molecule has 0 aromatic heterocycles. The highest BCUT2D eigenvalue weighted by atomic mass is 79.9. The van der Waals surface area contributed by atoms with E-state index in [1.807, 2.05) is 42.5 Å². The van der Waals surface area contributed by atoms with Crippen molar-refractivity contribution >= 4 is 51.3 Å². The predicted octanol–water partition coefficient (Wildman–Crippen LogP) is 6.04. The van der Waals surface area contributed by atoms with E-state index in [2.05, 4.69) is 26.5 Å². The number of amides is 1. The second-order valence-electron chi connectivity index (χ2n) is 6.55. The highest BCUT2D eigenvalue weighted by Crippen LogP contribution is 2.36. The minimum atomic E-state index is -0.224. The van der Waals surface area contributed by atoms with Gasteiger partial charge < -0.3 is 9.47 Å². The van der Waals surface area contributed by atoms with Crippen LogP contribution in [-0.4, -0.2) is 19.2 Å². The second kappa shape index (κ2) is 11.2. The number of halogens is 3. The van der Waals surface area contributed by atoms with Crippen LogP contribution in [-0.2, 0) is 17.8 Å². The summed E-state index contributed by atoms with van der Waals surface area (Å²) in [7, 11) is 1.53. The first-order chi connectivity index (χ1) is 14.9. The molecule has 160 valence electrons. The van der Waals surface area contributed by atoms with E-state index in [9.17, 15) is 4.79 Å². The number of nitrogens with one attached hydrogen (secondary N) is 1. The van der Waals surface area contributed by atoms with Crippen LogP contribution in [0.25, 0.3) is 0 Å². The summed E-state index contributed by atoms with van der Waals surface area (Å²) in [5.41, 5.74) is 4.96. The first-order valence-corrected chi connectivity index (χ1v) is 10.8. The van der Waals surface area contributed by atoms with Gasteiger partial charge in [0.2, 0.25) is 5.91 Å².